The number of carbonyl (C=O) groups is 1. The molecule has 1 saturated heterocycles. The molecule has 0 N–H and O–H groups in total. The maximum atomic E-state index is 12.6. The van der Waals surface area contributed by atoms with Gasteiger partial charge in [-0.2, -0.15) is 0 Å². The van der Waals surface area contributed by atoms with Crippen molar-refractivity contribution >= 4 is 11.6 Å². The van der Waals surface area contributed by atoms with Gasteiger partial charge >= 0.3 is 0 Å². The quantitative estimate of drug-likeness (QED) is 0.854. The standard InChI is InChI=1S/C20H25N2O2/c1-4-17-14-21(18-8-5-7-16(13-18)15(2)3)10-11-22(17)20(23)19-9-6-12-24-19/h5-6,8-9,12-13,15,17H,4,10-11,14H2,1-3H3/t17-/m1/s1. The molecule has 0 spiro atoms. The Morgan fingerprint density at radius 2 is 2.21 bits per heavy atom. The number of nitrogens with zero attached hydrogens (tertiary/aromatic N) is 2. The van der Waals surface area contributed by atoms with Gasteiger partial charge in [0.15, 0.2) is 5.76 Å². The molecule has 1 aromatic heterocycles. The molecule has 1 radical (unpaired) electrons. The van der Waals surface area contributed by atoms with Crippen LogP contribution in [0, 0.1) is 6.07 Å². The Kier molecular flexibility index (Phi) is 4.93. The molecule has 127 valence electrons. The molecule has 0 saturated carbocycles. The van der Waals surface area contributed by atoms with E-state index >= 15 is 0 Å². The number of anilines is 1. The first-order valence-corrected chi connectivity index (χ1v) is 8.71. The van der Waals surface area contributed by atoms with E-state index < -0.39 is 0 Å². The Balaban J connectivity index is 1.75. The van der Waals surface area contributed by atoms with Gasteiger partial charge in [-0.1, -0.05) is 26.8 Å². The second kappa shape index (κ2) is 7.12. The first-order valence-electron chi connectivity index (χ1n) is 8.71. The molecule has 24 heavy (non-hydrogen) atoms. The molecule has 4 nitrogen and oxygen atoms in total. The largest absolute Gasteiger partial charge is 0.459 e. The predicted molar refractivity (Wildman–Crippen MR) is 95.4 cm³/mol. The summed E-state index contributed by atoms with van der Waals surface area (Å²) in [6.07, 6.45) is 2.48. The third-order valence-electron chi connectivity index (χ3n) is 4.74. The van der Waals surface area contributed by atoms with Crippen molar-refractivity contribution in [1.82, 2.24) is 4.90 Å². The van der Waals surface area contributed by atoms with E-state index in [1.807, 2.05) is 11.0 Å². The fraction of sp³-hybridized carbons (Fsp3) is 0.450. The molecule has 1 aromatic carbocycles. The van der Waals surface area contributed by atoms with Gasteiger partial charge in [0.05, 0.1) is 6.26 Å². The van der Waals surface area contributed by atoms with Crippen molar-refractivity contribution in [3.05, 3.63) is 54.0 Å². The average molecular weight is 325 g/mol. The lowest BCUT2D eigenvalue weighted by molar-refractivity contribution is 0.0619. The van der Waals surface area contributed by atoms with Gasteiger partial charge in [-0.25, -0.2) is 0 Å². The highest BCUT2D eigenvalue weighted by atomic mass is 16.3. The third kappa shape index (κ3) is 3.32. The van der Waals surface area contributed by atoms with Gasteiger partial charge in [0.1, 0.15) is 0 Å². The van der Waals surface area contributed by atoms with Crippen LogP contribution in [0.4, 0.5) is 5.69 Å². The third-order valence-corrected chi connectivity index (χ3v) is 4.74. The predicted octanol–water partition coefficient (Wildman–Crippen LogP) is 3.94. The van der Waals surface area contributed by atoms with Gasteiger partial charge in [-0.05, 0) is 48.2 Å². The maximum Gasteiger partial charge on any atom is 0.289 e. The van der Waals surface area contributed by atoms with Crippen LogP contribution in [0.25, 0.3) is 0 Å². The minimum absolute atomic E-state index is 0.00392. The van der Waals surface area contributed by atoms with Gasteiger partial charge in [0.25, 0.3) is 5.91 Å². The molecule has 3 rings (SSSR count). The molecule has 1 fully saturated rings. The SMILES string of the molecule is CC[C@@H]1CN(c2cc[c]c(C(C)C)c2)CCN1C(=O)c1ccco1. The van der Waals surface area contributed by atoms with Gasteiger partial charge in [-0.15, -0.1) is 0 Å². The number of hydrogen-bond donors (Lipinski definition) is 0. The van der Waals surface area contributed by atoms with Gasteiger partial charge in [-0.3, -0.25) is 4.79 Å². The zero-order valence-electron chi connectivity index (χ0n) is 14.7. The summed E-state index contributed by atoms with van der Waals surface area (Å²) in [7, 11) is 0. The van der Waals surface area contributed by atoms with E-state index in [-0.39, 0.29) is 11.9 Å². The minimum atomic E-state index is -0.00392. The van der Waals surface area contributed by atoms with Crippen LogP contribution in [0.3, 0.4) is 0 Å². The molecule has 0 aliphatic carbocycles. The van der Waals surface area contributed by atoms with Crippen LogP contribution in [-0.2, 0) is 0 Å². The maximum absolute atomic E-state index is 12.6. The summed E-state index contributed by atoms with van der Waals surface area (Å²) in [5.41, 5.74) is 2.45. The van der Waals surface area contributed by atoms with E-state index in [0.717, 1.165) is 19.5 Å². The smallest absolute Gasteiger partial charge is 0.289 e. The summed E-state index contributed by atoms with van der Waals surface area (Å²) in [6.45, 7) is 8.91. The molecule has 1 aliphatic heterocycles. The van der Waals surface area contributed by atoms with E-state index in [9.17, 15) is 4.79 Å². The van der Waals surface area contributed by atoms with Crippen LogP contribution in [0.5, 0.6) is 0 Å². The van der Waals surface area contributed by atoms with Crippen LogP contribution in [0.15, 0.2) is 41.0 Å². The highest BCUT2D eigenvalue weighted by molar-refractivity contribution is 5.91. The Labute approximate surface area is 144 Å². The summed E-state index contributed by atoms with van der Waals surface area (Å²) in [6, 6.07) is 13.4. The van der Waals surface area contributed by atoms with E-state index in [2.05, 4.69) is 43.9 Å². The highest BCUT2D eigenvalue weighted by Crippen LogP contribution is 2.25. The Morgan fingerprint density at radius 1 is 1.38 bits per heavy atom. The number of amides is 1. The van der Waals surface area contributed by atoms with Crippen molar-refractivity contribution in [3.8, 4) is 0 Å². The lowest BCUT2D eigenvalue weighted by atomic mass is 10.0. The average Bonchev–Trinajstić information content (AvgIpc) is 3.15. The lowest BCUT2D eigenvalue weighted by Crippen LogP contribution is -2.55. The number of rotatable bonds is 4. The number of hydrogen-bond acceptors (Lipinski definition) is 3. The van der Waals surface area contributed by atoms with Gasteiger partial charge in [0, 0.05) is 31.4 Å². The van der Waals surface area contributed by atoms with E-state index in [1.54, 1.807) is 18.4 Å². The van der Waals surface area contributed by atoms with Crippen LogP contribution in [0.2, 0.25) is 0 Å². The van der Waals surface area contributed by atoms with Crippen molar-refractivity contribution < 1.29 is 9.21 Å². The highest BCUT2D eigenvalue weighted by Gasteiger charge is 2.31. The second-order valence-electron chi connectivity index (χ2n) is 6.64. The zero-order valence-corrected chi connectivity index (χ0v) is 14.7. The molecule has 0 bridgehead atoms. The summed E-state index contributed by atoms with van der Waals surface area (Å²) in [4.78, 5) is 17.0. The van der Waals surface area contributed by atoms with Crippen LogP contribution in [-0.4, -0.2) is 36.5 Å². The Morgan fingerprint density at radius 3 is 2.88 bits per heavy atom. The topological polar surface area (TPSA) is 36.7 Å². The molecule has 1 amide bonds. The van der Waals surface area contributed by atoms with Crippen LogP contribution < -0.4 is 4.90 Å². The summed E-state index contributed by atoms with van der Waals surface area (Å²) in [5.74, 6) is 0.891. The summed E-state index contributed by atoms with van der Waals surface area (Å²) in [5, 5.41) is 0. The van der Waals surface area contributed by atoms with E-state index in [4.69, 9.17) is 4.42 Å². The monoisotopic (exact) mass is 325 g/mol. The molecular weight excluding hydrogens is 300 g/mol. The van der Waals surface area contributed by atoms with Crippen molar-refractivity contribution in [2.24, 2.45) is 0 Å². The molecular formula is C20H25N2O2. The minimum Gasteiger partial charge on any atom is -0.459 e. The normalized spacial score (nSPS) is 18.2. The van der Waals surface area contributed by atoms with Crippen molar-refractivity contribution in [1.29, 1.82) is 0 Å². The summed E-state index contributed by atoms with van der Waals surface area (Å²) < 4.78 is 5.29. The first-order chi connectivity index (χ1) is 11.6. The summed E-state index contributed by atoms with van der Waals surface area (Å²) >= 11 is 0. The first kappa shape index (κ1) is 16.6. The van der Waals surface area contributed by atoms with Crippen LogP contribution >= 0.6 is 0 Å². The molecule has 2 heterocycles. The Bertz CT molecular complexity index is 679. The number of piperazine rings is 1. The van der Waals surface area contributed by atoms with Gasteiger partial charge in [0.2, 0.25) is 0 Å². The van der Waals surface area contributed by atoms with Crippen molar-refractivity contribution in [2.75, 3.05) is 24.5 Å². The number of carbonyl (C=O) groups excluding carboxylic acids is 1. The zero-order chi connectivity index (χ0) is 17.1. The molecule has 4 heteroatoms. The van der Waals surface area contributed by atoms with E-state index in [0.29, 0.717) is 18.2 Å². The van der Waals surface area contributed by atoms with E-state index in [1.165, 1.54) is 11.3 Å². The number of furan rings is 1. The van der Waals surface area contributed by atoms with Gasteiger partial charge < -0.3 is 14.2 Å². The fourth-order valence-corrected chi connectivity index (χ4v) is 3.25. The number of benzene rings is 1. The van der Waals surface area contributed by atoms with Crippen molar-refractivity contribution in [2.45, 2.75) is 39.2 Å². The molecule has 0 unspecified atom stereocenters. The Hall–Kier alpha value is -2.23. The van der Waals surface area contributed by atoms with Crippen molar-refractivity contribution in [3.63, 3.8) is 0 Å². The fourth-order valence-electron chi connectivity index (χ4n) is 3.25. The molecule has 2 aromatic rings. The van der Waals surface area contributed by atoms with Crippen LogP contribution in [0.1, 0.15) is 49.2 Å². The molecule has 1 atom stereocenters. The lowest BCUT2D eigenvalue weighted by Gasteiger charge is -2.42. The second-order valence-corrected chi connectivity index (χ2v) is 6.64. The molecule has 1 aliphatic rings.